The van der Waals surface area contributed by atoms with Gasteiger partial charge in [0, 0.05) is 33.3 Å². The van der Waals surface area contributed by atoms with E-state index in [1.54, 1.807) is 0 Å². The monoisotopic (exact) mass is 907 g/mol. The number of hydrogen-bond donors (Lipinski definition) is 0. The average Bonchev–Trinajstić information content (AvgIpc) is 3.93. The van der Waals surface area contributed by atoms with Gasteiger partial charge in [0.15, 0.2) is 0 Å². The highest BCUT2D eigenvalue weighted by molar-refractivity contribution is 6.09. The Morgan fingerprint density at radius 3 is 1.56 bits per heavy atom. The zero-order chi connectivity index (χ0) is 47.7. The van der Waals surface area contributed by atoms with Crippen LogP contribution in [0, 0.1) is 0 Å². The van der Waals surface area contributed by atoms with E-state index in [-0.39, 0.29) is 11.5 Å². The molecule has 0 fully saturated rings. The Bertz CT molecular complexity index is 3890. The second-order valence-corrected chi connectivity index (χ2v) is 20.3. The van der Waals surface area contributed by atoms with Crippen molar-refractivity contribution in [2.75, 3.05) is 0 Å². The van der Waals surface area contributed by atoms with E-state index >= 15 is 0 Å². The second kappa shape index (κ2) is 16.9. The van der Waals surface area contributed by atoms with E-state index in [0.717, 1.165) is 0 Å². The fourth-order valence-corrected chi connectivity index (χ4v) is 12.3. The van der Waals surface area contributed by atoms with Gasteiger partial charge in [0.2, 0.25) is 0 Å². The number of benzene rings is 11. The summed E-state index contributed by atoms with van der Waals surface area (Å²) in [7, 11) is 0. The lowest BCUT2D eigenvalue weighted by atomic mass is 9.67. The number of aromatic nitrogens is 1. The first-order valence-electron chi connectivity index (χ1n) is 25.0. The van der Waals surface area contributed by atoms with E-state index in [9.17, 15) is 0 Å². The Hall–Kier alpha value is -8.52. The van der Waals surface area contributed by atoms with Gasteiger partial charge in [0.25, 0.3) is 0 Å². The molecule has 0 saturated carbocycles. The predicted octanol–water partition coefficient (Wildman–Crippen LogP) is 18.2. The van der Waals surface area contributed by atoms with Gasteiger partial charge >= 0.3 is 0 Å². The van der Waals surface area contributed by atoms with E-state index in [1.165, 1.54) is 116 Å². The summed E-state index contributed by atoms with van der Waals surface area (Å²) in [6, 6.07) is 97.6. The first-order chi connectivity index (χ1) is 34.9. The van der Waals surface area contributed by atoms with Crippen molar-refractivity contribution >= 4 is 32.6 Å². The normalized spacial score (nSPS) is 13.3. The van der Waals surface area contributed by atoms with Gasteiger partial charge in [-0.3, -0.25) is 0 Å². The van der Waals surface area contributed by atoms with Crippen molar-refractivity contribution in [1.82, 2.24) is 4.57 Å². The van der Waals surface area contributed by atoms with Gasteiger partial charge in [-0.05, 0) is 133 Å². The summed E-state index contributed by atoms with van der Waals surface area (Å²) in [5, 5.41) is 5.07. The highest BCUT2D eigenvalue weighted by atomic mass is 15.0. The number of para-hydroxylation sites is 1. The summed E-state index contributed by atoms with van der Waals surface area (Å²) in [4.78, 5) is 0. The third kappa shape index (κ3) is 6.83. The number of hydrogen-bond acceptors (Lipinski definition) is 0. The van der Waals surface area contributed by atoms with Crippen molar-refractivity contribution < 1.29 is 0 Å². The Morgan fingerprint density at radius 2 is 0.873 bits per heavy atom. The molecule has 11 aromatic carbocycles. The molecule has 0 N–H and O–H groups in total. The molecule has 0 amide bonds. The zero-order valence-corrected chi connectivity index (χ0v) is 40.4. The minimum Gasteiger partial charge on any atom is -0.335 e. The van der Waals surface area contributed by atoms with Crippen LogP contribution in [-0.4, -0.2) is 4.57 Å². The number of nitrogens with zero attached hydrogens (tertiary/aromatic N) is 1. The van der Waals surface area contributed by atoms with E-state index < -0.39 is 5.41 Å². The second-order valence-electron chi connectivity index (χ2n) is 20.3. The molecule has 1 aromatic heterocycles. The average molecular weight is 908 g/mol. The van der Waals surface area contributed by atoms with Crippen LogP contribution in [0.1, 0.15) is 65.6 Å². The van der Waals surface area contributed by atoms with Crippen LogP contribution in [0.2, 0.25) is 0 Å². The van der Waals surface area contributed by atoms with Crippen LogP contribution in [0.3, 0.4) is 0 Å². The Morgan fingerprint density at radius 1 is 0.338 bits per heavy atom. The molecule has 1 heterocycles. The lowest BCUT2D eigenvalue weighted by molar-refractivity contribution is 0.423. The summed E-state index contributed by atoms with van der Waals surface area (Å²) in [5.74, 6) is -0.0776. The van der Waals surface area contributed by atoms with Gasteiger partial charge in [-0.25, -0.2) is 0 Å². The third-order valence-electron chi connectivity index (χ3n) is 15.3. The molecule has 1 heteroatoms. The standard InChI is InChI=1S/C70H53N/c1-69(2,3)71-64-34-19-18-31-59(64)60-43-40-53(46-65(60)71)66(51-37-35-49(36-38-51)58-42-39-48-23-16-17-30-56(48)67(58)50-24-10-5-11-25-50)52-41-44-62-61(45-52)68-57(47-21-8-4-9-22-47)32-20-33-63(68)70(62,54-26-12-6-13-27-54)55-28-14-7-15-29-55/h4-46,66H,1-3H3. The van der Waals surface area contributed by atoms with Crippen LogP contribution in [0.15, 0.2) is 261 Å². The Labute approximate surface area is 417 Å². The SMILES string of the molecule is CC(C)(C)n1c2ccccc2c2ccc(C(c3ccc(-c4ccc5ccccc5c4-c4ccccc4)cc3)c3ccc4c(c3)-c3c(-c5ccccc5)cccc3C4(c3ccccc3)c3ccccc3)cc21. The van der Waals surface area contributed by atoms with Crippen LogP contribution in [0.4, 0.5) is 0 Å². The van der Waals surface area contributed by atoms with Crippen LogP contribution < -0.4 is 0 Å². The molecule has 0 saturated heterocycles. The molecule has 71 heavy (non-hydrogen) atoms. The highest BCUT2D eigenvalue weighted by Gasteiger charge is 2.47. The quantitative estimate of drug-likeness (QED) is 0.134. The summed E-state index contributed by atoms with van der Waals surface area (Å²) in [6.45, 7) is 6.98. The molecule has 1 aliphatic rings. The van der Waals surface area contributed by atoms with Gasteiger partial charge in [0.1, 0.15) is 0 Å². The van der Waals surface area contributed by atoms with Gasteiger partial charge in [-0.1, -0.05) is 243 Å². The van der Waals surface area contributed by atoms with Crippen molar-refractivity contribution in [1.29, 1.82) is 0 Å². The maximum Gasteiger partial charge on any atom is 0.0713 e. The van der Waals surface area contributed by atoms with Crippen LogP contribution in [0.25, 0.3) is 77.1 Å². The number of fused-ring (bicyclic) bond motifs is 7. The van der Waals surface area contributed by atoms with Crippen molar-refractivity contribution in [2.24, 2.45) is 0 Å². The fourth-order valence-electron chi connectivity index (χ4n) is 12.3. The molecule has 1 atom stereocenters. The summed E-state index contributed by atoms with van der Waals surface area (Å²) < 4.78 is 2.55. The third-order valence-corrected chi connectivity index (χ3v) is 15.3. The van der Waals surface area contributed by atoms with Gasteiger partial charge in [0.05, 0.1) is 5.41 Å². The smallest absolute Gasteiger partial charge is 0.0713 e. The molecule has 0 spiro atoms. The summed E-state index contributed by atoms with van der Waals surface area (Å²) >= 11 is 0. The Balaban J connectivity index is 1.07. The number of rotatable bonds is 8. The topological polar surface area (TPSA) is 4.93 Å². The molecule has 338 valence electrons. The maximum absolute atomic E-state index is 2.55. The molecule has 13 rings (SSSR count). The van der Waals surface area contributed by atoms with Gasteiger partial charge < -0.3 is 4.57 Å². The molecular formula is C70H53N. The maximum atomic E-state index is 2.55. The molecular weight excluding hydrogens is 855 g/mol. The van der Waals surface area contributed by atoms with Crippen molar-refractivity contribution in [3.63, 3.8) is 0 Å². The minimum absolute atomic E-state index is 0.0776. The summed E-state index contributed by atoms with van der Waals surface area (Å²) in [6.07, 6.45) is 0. The van der Waals surface area contributed by atoms with E-state index in [4.69, 9.17) is 0 Å². The molecule has 12 aromatic rings. The molecule has 0 aliphatic heterocycles. The fraction of sp³-hybridized carbons (Fsp3) is 0.0857. The predicted molar refractivity (Wildman–Crippen MR) is 299 cm³/mol. The van der Waals surface area contributed by atoms with Gasteiger partial charge in [-0.2, -0.15) is 0 Å². The first-order valence-corrected chi connectivity index (χ1v) is 25.0. The van der Waals surface area contributed by atoms with E-state index in [1.807, 2.05) is 0 Å². The Kier molecular flexibility index (Phi) is 10.1. The van der Waals surface area contributed by atoms with Crippen molar-refractivity contribution in [2.45, 2.75) is 37.6 Å². The minimum atomic E-state index is -0.531. The van der Waals surface area contributed by atoms with Crippen LogP contribution >= 0.6 is 0 Å². The van der Waals surface area contributed by atoms with Crippen LogP contribution in [0.5, 0.6) is 0 Å². The van der Waals surface area contributed by atoms with E-state index in [0.29, 0.717) is 0 Å². The molecule has 1 nitrogen and oxygen atoms in total. The van der Waals surface area contributed by atoms with E-state index in [2.05, 4.69) is 286 Å². The highest BCUT2D eigenvalue weighted by Crippen LogP contribution is 2.59. The van der Waals surface area contributed by atoms with Crippen molar-refractivity contribution in [3.8, 4) is 44.5 Å². The van der Waals surface area contributed by atoms with Crippen molar-refractivity contribution in [3.05, 3.63) is 300 Å². The molecule has 1 aliphatic carbocycles. The summed E-state index contributed by atoms with van der Waals surface area (Å²) in [5.41, 5.74) is 20.7. The van der Waals surface area contributed by atoms with Gasteiger partial charge in [-0.15, -0.1) is 0 Å². The molecule has 0 bridgehead atoms. The lowest BCUT2D eigenvalue weighted by Crippen LogP contribution is -2.28. The van der Waals surface area contributed by atoms with Crippen LogP contribution in [-0.2, 0) is 11.0 Å². The first kappa shape index (κ1) is 42.6. The molecule has 0 radical (unpaired) electrons. The largest absolute Gasteiger partial charge is 0.335 e. The molecule has 1 unspecified atom stereocenters. The lowest BCUT2D eigenvalue weighted by Gasteiger charge is -2.34. The zero-order valence-electron chi connectivity index (χ0n) is 40.4.